The van der Waals surface area contributed by atoms with Gasteiger partial charge in [-0.15, -0.1) is 0 Å². The molecular formula is C27H30FN12O+. The molecule has 14 heteroatoms. The third-order valence-corrected chi connectivity index (χ3v) is 7.10. The number of nitrogens with zero attached hydrogens (tertiary/aromatic N) is 9. The van der Waals surface area contributed by atoms with Crippen LogP contribution in [0.2, 0.25) is 0 Å². The van der Waals surface area contributed by atoms with E-state index in [-0.39, 0.29) is 17.6 Å². The fourth-order valence-electron chi connectivity index (χ4n) is 4.94. The second kappa shape index (κ2) is 10.9. The Morgan fingerprint density at radius 2 is 1.93 bits per heavy atom. The molecule has 0 atom stereocenters. The third kappa shape index (κ3) is 5.41. The van der Waals surface area contributed by atoms with E-state index in [2.05, 4.69) is 45.0 Å². The number of nitrogens with one attached hydrogen (secondary N) is 1. The fourth-order valence-corrected chi connectivity index (χ4v) is 4.94. The van der Waals surface area contributed by atoms with Crippen molar-refractivity contribution in [3.05, 3.63) is 65.8 Å². The second-order valence-corrected chi connectivity index (χ2v) is 9.88. The number of amidine groups is 1. The smallest absolute Gasteiger partial charge is 0.358 e. The molecule has 13 nitrogen and oxygen atoms in total. The standard InChI is InChI=1S/C27H29FN12O/c1-16-13-22(41-37-16)18-3-4-20(28)21(14-18)39-10-7-38(8-11-39)9-12-40-26-19(15-33-40)25(35-27(30)36-26)34-24(29)23-17(2)31-5-6-32-23/h3-6,13-15H,7-12H2,1-2H3,(H4,29,30,33,34,35,36)/p+1. The lowest BCUT2D eigenvalue weighted by atomic mass is 10.1. The molecule has 0 unspecified atom stereocenters. The first-order valence-electron chi connectivity index (χ1n) is 13.2. The van der Waals surface area contributed by atoms with Crippen molar-refractivity contribution in [1.82, 2.24) is 35.1 Å². The van der Waals surface area contributed by atoms with Crippen molar-refractivity contribution >= 4 is 34.3 Å². The Hall–Kier alpha value is -4.98. The molecule has 1 aliphatic rings. The Morgan fingerprint density at radius 3 is 2.68 bits per heavy atom. The number of aromatic amines is 1. The maximum Gasteiger partial charge on any atom is 0.358 e. The van der Waals surface area contributed by atoms with Crippen molar-refractivity contribution < 1.29 is 13.6 Å². The van der Waals surface area contributed by atoms with E-state index in [1.807, 2.05) is 30.7 Å². The van der Waals surface area contributed by atoms with Gasteiger partial charge >= 0.3 is 11.6 Å². The number of fused-ring (bicyclic) bond motifs is 1. The average molecular weight is 558 g/mol. The molecule has 0 bridgehead atoms. The molecule has 6 rings (SSSR count). The van der Waals surface area contributed by atoms with Crippen molar-refractivity contribution in [2.45, 2.75) is 20.4 Å². The van der Waals surface area contributed by atoms with Crippen molar-refractivity contribution in [3.8, 4) is 11.3 Å². The molecule has 1 saturated heterocycles. The van der Waals surface area contributed by atoms with Crippen molar-refractivity contribution in [2.24, 2.45) is 10.7 Å². The van der Waals surface area contributed by atoms with E-state index in [0.717, 1.165) is 30.9 Å². The summed E-state index contributed by atoms with van der Waals surface area (Å²) in [7, 11) is 0. The van der Waals surface area contributed by atoms with Gasteiger partial charge in [-0.25, -0.2) is 19.5 Å². The summed E-state index contributed by atoms with van der Waals surface area (Å²) in [5.74, 6) is 1.01. The first-order valence-corrected chi connectivity index (χ1v) is 13.2. The zero-order valence-corrected chi connectivity index (χ0v) is 22.7. The van der Waals surface area contributed by atoms with Gasteiger partial charge in [0.15, 0.2) is 17.4 Å². The summed E-state index contributed by atoms with van der Waals surface area (Å²) in [5, 5.41) is 7.86. The maximum absolute atomic E-state index is 14.8. The molecule has 0 spiro atoms. The van der Waals surface area contributed by atoms with Crippen molar-refractivity contribution in [2.75, 3.05) is 43.4 Å². The molecule has 1 fully saturated rings. The highest BCUT2D eigenvalue weighted by Crippen LogP contribution is 2.29. The summed E-state index contributed by atoms with van der Waals surface area (Å²) in [6.07, 6.45) is 4.94. The second-order valence-electron chi connectivity index (χ2n) is 9.88. The summed E-state index contributed by atoms with van der Waals surface area (Å²) in [5.41, 5.74) is 16.2. The number of rotatable bonds is 7. The van der Waals surface area contributed by atoms with E-state index >= 15 is 0 Å². The fraction of sp³-hybridized carbons (Fsp3) is 0.296. The van der Waals surface area contributed by atoms with Gasteiger partial charge < -0.3 is 20.9 Å². The SMILES string of the molecule is Cc1cc(-c2ccc(F)c(N3CCN(CC[n+]4[nH]cc5c(N=C(N)c6nccnc6C)nc(N)nc54)CC3)c2)on1. The number of hydrogen-bond acceptors (Lipinski definition) is 10. The number of H-pyrrole nitrogens is 1. The van der Waals surface area contributed by atoms with Gasteiger partial charge in [-0.05, 0) is 32.0 Å². The lowest BCUT2D eigenvalue weighted by molar-refractivity contribution is -0.728. The number of aliphatic imine (C=N–C) groups is 1. The molecule has 4 aromatic heterocycles. The van der Waals surface area contributed by atoms with Crippen molar-refractivity contribution in [1.29, 1.82) is 0 Å². The predicted octanol–water partition coefficient (Wildman–Crippen LogP) is 1.89. The number of nitrogen functional groups attached to an aromatic ring is 1. The van der Waals surface area contributed by atoms with Gasteiger partial charge in [-0.3, -0.25) is 9.88 Å². The van der Waals surface area contributed by atoms with E-state index in [1.54, 1.807) is 24.7 Å². The first kappa shape index (κ1) is 26.3. The molecule has 5 heterocycles. The van der Waals surface area contributed by atoms with Gasteiger partial charge in [0.05, 0.1) is 23.3 Å². The van der Waals surface area contributed by atoms with E-state index in [9.17, 15) is 4.39 Å². The number of hydrogen-bond donors (Lipinski definition) is 3. The van der Waals surface area contributed by atoms with Crippen LogP contribution < -0.4 is 21.0 Å². The number of piperazine rings is 1. The summed E-state index contributed by atoms with van der Waals surface area (Å²) < 4.78 is 22.0. The van der Waals surface area contributed by atoms with E-state index in [4.69, 9.17) is 16.0 Å². The quantitative estimate of drug-likeness (QED) is 0.153. The minimum absolute atomic E-state index is 0.0895. The average Bonchev–Trinajstić information content (AvgIpc) is 3.59. The van der Waals surface area contributed by atoms with Crippen molar-refractivity contribution in [3.63, 3.8) is 0 Å². The maximum atomic E-state index is 14.8. The topological polar surface area (TPSA) is 168 Å². The number of nitrogens with two attached hydrogens (primary N) is 2. The highest BCUT2D eigenvalue weighted by Gasteiger charge is 2.24. The molecule has 0 radical (unpaired) electrons. The van der Waals surface area contributed by atoms with E-state index in [1.165, 1.54) is 6.07 Å². The molecule has 0 amide bonds. The van der Waals surface area contributed by atoms with E-state index in [0.29, 0.717) is 59.3 Å². The normalized spacial score (nSPS) is 14.7. The van der Waals surface area contributed by atoms with Crippen LogP contribution in [0.25, 0.3) is 22.4 Å². The lowest BCUT2D eigenvalue weighted by Crippen LogP contribution is -2.50. The zero-order chi connectivity index (χ0) is 28.5. The Morgan fingerprint density at radius 1 is 1.12 bits per heavy atom. The lowest BCUT2D eigenvalue weighted by Gasteiger charge is -2.36. The van der Waals surface area contributed by atoms with Crippen LogP contribution in [0.4, 0.5) is 21.8 Å². The third-order valence-electron chi connectivity index (χ3n) is 7.10. The number of aromatic nitrogens is 7. The summed E-state index contributed by atoms with van der Waals surface area (Å²) >= 11 is 0. The first-order chi connectivity index (χ1) is 19.9. The van der Waals surface area contributed by atoms with Crippen LogP contribution in [0, 0.1) is 19.7 Å². The highest BCUT2D eigenvalue weighted by molar-refractivity contribution is 6.00. The molecular weight excluding hydrogens is 527 g/mol. The van der Waals surface area contributed by atoms with Crippen LogP contribution in [0.15, 0.2) is 52.4 Å². The molecule has 41 heavy (non-hydrogen) atoms. The van der Waals surface area contributed by atoms with Crippen LogP contribution in [-0.2, 0) is 6.54 Å². The van der Waals surface area contributed by atoms with Gasteiger partial charge in [-0.1, -0.05) is 5.16 Å². The van der Waals surface area contributed by atoms with Gasteiger partial charge in [0.25, 0.3) is 0 Å². The highest BCUT2D eigenvalue weighted by atomic mass is 19.1. The van der Waals surface area contributed by atoms with Gasteiger partial charge in [0.2, 0.25) is 0 Å². The number of halogens is 1. The number of anilines is 2. The molecule has 210 valence electrons. The Balaban J connectivity index is 1.13. The molecule has 0 aliphatic carbocycles. The minimum Gasteiger partial charge on any atom is -0.382 e. The van der Waals surface area contributed by atoms with Gasteiger partial charge in [-0.2, -0.15) is 9.67 Å². The Bertz CT molecular complexity index is 1740. The summed E-state index contributed by atoms with van der Waals surface area (Å²) in [6.45, 7) is 8.02. The molecule has 5 N–H and O–H groups in total. The van der Waals surface area contributed by atoms with Crippen LogP contribution in [0.3, 0.4) is 0 Å². The minimum atomic E-state index is -0.252. The molecule has 1 aromatic carbocycles. The van der Waals surface area contributed by atoms with Gasteiger partial charge in [0.1, 0.15) is 23.4 Å². The number of aryl methyl sites for hydroxylation is 2. The molecule has 5 aromatic rings. The molecule has 0 saturated carbocycles. The van der Waals surface area contributed by atoms with Crippen LogP contribution in [-0.4, -0.2) is 73.7 Å². The zero-order valence-electron chi connectivity index (χ0n) is 22.7. The van der Waals surface area contributed by atoms with Crippen LogP contribution in [0.1, 0.15) is 17.1 Å². The van der Waals surface area contributed by atoms with Crippen LogP contribution >= 0.6 is 0 Å². The Labute approximate surface area is 234 Å². The Kier molecular flexibility index (Phi) is 6.97. The predicted molar refractivity (Wildman–Crippen MR) is 151 cm³/mol. The largest absolute Gasteiger partial charge is 0.382 e. The summed E-state index contributed by atoms with van der Waals surface area (Å²) in [4.78, 5) is 26.1. The van der Waals surface area contributed by atoms with Gasteiger partial charge in [0, 0.05) is 61.7 Å². The monoisotopic (exact) mass is 557 g/mol. The summed E-state index contributed by atoms with van der Waals surface area (Å²) in [6, 6.07) is 6.87. The van der Waals surface area contributed by atoms with Crippen LogP contribution in [0.5, 0.6) is 0 Å². The number of benzene rings is 1. The van der Waals surface area contributed by atoms with E-state index < -0.39 is 0 Å². The molecule has 1 aliphatic heterocycles.